The molecule has 24 heavy (non-hydrogen) atoms. The van der Waals surface area contributed by atoms with Gasteiger partial charge in [-0.1, -0.05) is 93.1 Å². The van der Waals surface area contributed by atoms with Crippen LogP contribution in [0.4, 0.5) is 0 Å². The van der Waals surface area contributed by atoms with E-state index in [0.29, 0.717) is 6.42 Å². The van der Waals surface area contributed by atoms with Crippen molar-refractivity contribution in [3.05, 3.63) is 103 Å². The van der Waals surface area contributed by atoms with E-state index in [1.165, 1.54) is 5.56 Å². The molecule has 0 aliphatic rings. The third-order valence-electron chi connectivity index (χ3n) is 3.40. The minimum absolute atomic E-state index is 0.171. The summed E-state index contributed by atoms with van der Waals surface area (Å²) in [6, 6.07) is 15.7. The molecule has 122 valence electrons. The number of hydrogen-bond donors (Lipinski definition) is 1. The number of aliphatic carboxylic acids is 1. The molecule has 0 spiro atoms. The van der Waals surface area contributed by atoms with Crippen molar-refractivity contribution in [2.24, 2.45) is 0 Å². The summed E-state index contributed by atoms with van der Waals surface area (Å²) in [6.45, 7) is 14.6. The van der Waals surface area contributed by atoms with Crippen molar-refractivity contribution in [2.75, 3.05) is 0 Å². The van der Waals surface area contributed by atoms with E-state index in [1.807, 2.05) is 54.6 Å². The fraction of sp³-hybridized carbons (Fsp3) is 0.0455. The zero-order valence-electron chi connectivity index (χ0n) is 13.7. The highest BCUT2D eigenvalue weighted by atomic mass is 16.4. The summed E-state index contributed by atoms with van der Waals surface area (Å²) in [7, 11) is 0. The summed E-state index contributed by atoms with van der Waals surface area (Å²) in [5.41, 5.74) is 4.11. The lowest BCUT2D eigenvalue weighted by Crippen LogP contribution is -2.03. The third-order valence-corrected chi connectivity index (χ3v) is 3.40. The Hall–Kier alpha value is -3.13. The molecule has 2 aromatic rings. The van der Waals surface area contributed by atoms with E-state index in [1.54, 1.807) is 12.2 Å². The molecular formula is C22H22O2. The Bertz CT molecular complexity index is 740. The Morgan fingerprint density at radius 2 is 1.58 bits per heavy atom. The van der Waals surface area contributed by atoms with Gasteiger partial charge in [0.15, 0.2) is 0 Å². The maximum absolute atomic E-state index is 10.7. The van der Waals surface area contributed by atoms with Gasteiger partial charge < -0.3 is 5.11 Å². The van der Waals surface area contributed by atoms with Gasteiger partial charge >= 0.3 is 5.97 Å². The smallest absolute Gasteiger partial charge is 0.331 e. The van der Waals surface area contributed by atoms with Crippen molar-refractivity contribution in [3.8, 4) is 0 Å². The quantitative estimate of drug-likeness (QED) is 0.715. The van der Waals surface area contributed by atoms with Gasteiger partial charge in [0.2, 0.25) is 0 Å². The highest BCUT2D eigenvalue weighted by molar-refractivity contribution is 5.86. The van der Waals surface area contributed by atoms with E-state index < -0.39 is 5.97 Å². The Morgan fingerprint density at radius 1 is 0.917 bits per heavy atom. The summed E-state index contributed by atoms with van der Waals surface area (Å²) in [5, 5.41) is 8.79. The average Bonchev–Trinajstić information content (AvgIpc) is 2.62. The molecule has 0 fully saturated rings. The second kappa shape index (κ2) is 9.80. The Labute approximate surface area is 143 Å². The van der Waals surface area contributed by atoms with Gasteiger partial charge in [0.25, 0.3) is 0 Å². The molecule has 1 N–H and O–H groups in total. The molecule has 2 aromatic carbocycles. The third kappa shape index (κ3) is 5.58. The Morgan fingerprint density at radius 3 is 2.04 bits per heavy atom. The molecule has 0 atom stereocenters. The van der Waals surface area contributed by atoms with Crippen LogP contribution in [-0.2, 0) is 11.2 Å². The van der Waals surface area contributed by atoms with Crippen LogP contribution in [0.1, 0.15) is 22.3 Å². The second-order valence-corrected chi connectivity index (χ2v) is 5.03. The SMILES string of the molecule is C=Cc1cccc(CC(=C)C(=O)O)c1C=C.C=Cc1ccccc1. The maximum atomic E-state index is 10.7. The number of carboxylic acid groups (broad SMARTS) is 1. The molecule has 0 amide bonds. The number of carboxylic acids is 1. The first-order valence-corrected chi connectivity index (χ1v) is 7.48. The van der Waals surface area contributed by atoms with Crippen LogP contribution in [0.25, 0.3) is 18.2 Å². The van der Waals surface area contributed by atoms with Crippen LogP contribution in [-0.4, -0.2) is 11.1 Å². The lowest BCUT2D eigenvalue weighted by Gasteiger charge is -2.09. The zero-order chi connectivity index (χ0) is 17.9. The minimum Gasteiger partial charge on any atom is -0.478 e. The lowest BCUT2D eigenvalue weighted by molar-refractivity contribution is -0.132. The number of benzene rings is 2. The number of hydrogen-bond acceptors (Lipinski definition) is 1. The Kier molecular flexibility index (Phi) is 7.72. The van der Waals surface area contributed by atoms with Gasteiger partial charge in [-0.2, -0.15) is 0 Å². The van der Waals surface area contributed by atoms with Gasteiger partial charge in [-0.3, -0.25) is 0 Å². The van der Waals surface area contributed by atoms with Crippen molar-refractivity contribution in [1.82, 2.24) is 0 Å². The molecule has 2 rings (SSSR count). The standard InChI is InChI=1S/C14H14O2.C8H8/c1-4-11-7-6-8-12(13(11)5-2)9-10(3)14(15)16;1-2-8-6-4-3-5-7-8/h4-8H,1-3,9H2,(H,15,16);2-7H,1H2. The van der Waals surface area contributed by atoms with Gasteiger partial charge in [-0.25, -0.2) is 4.79 Å². The van der Waals surface area contributed by atoms with Gasteiger partial charge in [0.1, 0.15) is 0 Å². The highest BCUT2D eigenvalue weighted by Gasteiger charge is 2.09. The monoisotopic (exact) mass is 318 g/mol. The van der Waals surface area contributed by atoms with Crippen molar-refractivity contribution in [1.29, 1.82) is 0 Å². The van der Waals surface area contributed by atoms with Gasteiger partial charge in [0.05, 0.1) is 0 Å². The van der Waals surface area contributed by atoms with Crippen LogP contribution in [0.15, 0.2) is 80.4 Å². The van der Waals surface area contributed by atoms with E-state index in [0.717, 1.165) is 16.7 Å². The van der Waals surface area contributed by atoms with Crippen LogP contribution < -0.4 is 0 Å². The predicted octanol–water partition coefficient (Wildman–Crippen LogP) is 5.49. The van der Waals surface area contributed by atoms with Gasteiger partial charge in [-0.15, -0.1) is 0 Å². The number of rotatable bonds is 6. The number of carbonyl (C=O) groups is 1. The van der Waals surface area contributed by atoms with Gasteiger partial charge in [0, 0.05) is 12.0 Å². The van der Waals surface area contributed by atoms with Crippen LogP contribution >= 0.6 is 0 Å². The highest BCUT2D eigenvalue weighted by Crippen LogP contribution is 2.20. The molecule has 0 aliphatic heterocycles. The molecule has 0 aliphatic carbocycles. The van der Waals surface area contributed by atoms with Crippen LogP contribution in [0.5, 0.6) is 0 Å². The van der Waals surface area contributed by atoms with Crippen LogP contribution in [0.3, 0.4) is 0 Å². The van der Waals surface area contributed by atoms with E-state index in [-0.39, 0.29) is 5.57 Å². The van der Waals surface area contributed by atoms with Crippen molar-refractivity contribution in [3.63, 3.8) is 0 Å². The molecule has 0 saturated carbocycles. The molecule has 0 aromatic heterocycles. The normalized spacial score (nSPS) is 9.17. The minimum atomic E-state index is -0.973. The van der Waals surface area contributed by atoms with E-state index in [9.17, 15) is 4.79 Å². The lowest BCUT2D eigenvalue weighted by atomic mass is 9.96. The summed E-state index contributed by atoms with van der Waals surface area (Å²) in [6.07, 6.45) is 5.59. The van der Waals surface area contributed by atoms with E-state index in [2.05, 4.69) is 26.3 Å². The average molecular weight is 318 g/mol. The first kappa shape index (κ1) is 18.9. The van der Waals surface area contributed by atoms with E-state index in [4.69, 9.17) is 5.11 Å². The maximum Gasteiger partial charge on any atom is 0.331 e. The second-order valence-electron chi connectivity index (χ2n) is 5.03. The summed E-state index contributed by atoms with van der Waals surface area (Å²) in [5.74, 6) is -0.973. The molecule has 2 heteroatoms. The van der Waals surface area contributed by atoms with E-state index >= 15 is 0 Å². The largest absolute Gasteiger partial charge is 0.478 e. The summed E-state index contributed by atoms with van der Waals surface area (Å²) >= 11 is 0. The van der Waals surface area contributed by atoms with Crippen molar-refractivity contribution >= 4 is 24.2 Å². The Balaban J connectivity index is 0.000000300. The van der Waals surface area contributed by atoms with Crippen LogP contribution in [0.2, 0.25) is 0 Å². The first-order valence-electron chi connectivity index (χ1n) is 7.48. The first-order chi connectivity index (χ1) is 11.5. The zero-order valence-corrected chi connectivity index (χ0v) is 13.7. The molecule has 0 radical (unpaired) electrons. The molecule has 0 bridgehead atoms. The van der Waals surface area contributed by atoms with Gasteiger partial charge in [-0.05, 0) is 22.3 Å². The molecule has 0 heterocycles. The molecular weight excluding hydrogens is 296 g/mol. The predicted molar refractivity (Wildman–Crippen MR) is 104 cm³/mol. The molecule has 0 saturated heterocycles. The molecule has 0 unspecified atom stereocenters. The van der Waals surface area contributed by atoms with Crippen molar-refractivity contribution < 1.29 is 9.90 Å². The fourth-order valence-corrected chi connectivity index (χ4v) is 2.11. The van der Waals surface area contributed by atoms with Crippen molar-refractivity contribution in [2.45, 2.75) is 6.42 Å². The molecule has 2 nitrogen and oxygen atoms in total. The van der Waals surface area contributed by atoms with Crippen LogP contribution in [0, 0.1) is 0 Å². The fourth-order valence-electron chi connectivity index (χ4n) is 2.11. The summed E-state index contributed by atoms with van der Waals surface area (Å²) in [4.78, 5) is 10.7. The topological polar surface area (TPSA) is 37.3 Å². The summed E-state index contributed by atoms with van der Waals surface area (Å²) < 4.78 is 0.